The number of alkyl carbamates (subject to hydrolysis) is 1. The molecule has 1 aliphatic heterocycles. The van der Waals surface area contributed by atoms with Gasteiger partial charge in [-0.3, -0.25) is 4.79 Å². The van der Waals surface area contributed by atoms with E-state index in [-0.39, 0.29) is 31.4 Å². The Hall–Kier alpha value is -3.04. The molecule has 1 heterocycles. The Morgan fingerprint density at radius 3 is 2.36 bits per heavy atom. The van der Waals surface area contributed by atoms with Crippen molar-refractivity contribution in [3.05, 3.63) is 59.7 Å². The molecule has 2 atom stereocenters. The van der Waals surface area contributed by atoms with Gasteiger partial charge in [-0.1, -0.05) is 48.5 Å². The van der Waals surface area contributed by atoms with Gasteiger partial charge in [-0.2, -0.15) is 0 Å². The summed E-state index contributed by atoms with van der Waals surface area (Å²) in [5.74, 6) is -0.772. The van der Waals surface area contributed by atoms with Gasteiger partial charge >= 0.3 is 12.1 Å². The van der Waals surface area contributed by atoms with Crippen LogP contribution in [0.25, 0.3) is 11.1 Å². The van der Waals surface area contributed by atoms with Crippen LogP contribution in [0, 0.1) is 0 Å². The number of aliphatic carboxylic acids is 1. The van der Waals surface area contributed by atoms with E-state index in [2.05, 4.69) is 29.6 Å². The van der Waals surface area contributed by atoms with E-state index >= 15 is 0 Å². The molecule has 2 amide bonds. The van der Waals surface area contributed by atoms with Crippen LogP contribution in [-0.2, 0) is 19.1 Å². The maximum atomic E-state index is 12.7. The number of amides is 2. The van der Waals surface area contributed by atoms with E-state index in [0.29, 0.717) is 11.6 Å². The normalized spacial score (nSPS) is 17.8. The molecule has 2 aliphatic rings. The Morgan fingerprint density at radius 2 is 1.76 bits per heavy atom. The summed E-state index contributed by atoms with van der Waals surface area (Å²) in [6.45, 7) is 0.372. The standard InChI is InChI=1S/C24H26N2O6S/c1-31-21(22(27)26-14-33-13-20(26)23(28)29)10-11-25-24(30)32-12-19-17-8-4-2-6-15(17)16-7-3-5-9-18(16)19/h2-9,19-21H,10-14H2,1H3,(H,25,30)(H,28,29). The molecule has 1 fully saturated rings. The van der Waals surface area contributed by atoms with Crippen LogP contribution in [0.2, 0.25) is 0 Å². The van der Waals surface area contributed by atoms with Gasteiger partial charge in [0.05, 0.1) is 5.88 Å². The van der Waals surface area contributed by atoms with Gasteiger partial charge in [0.25, 0.3) is 5.91 Å². The molecule has 2 N–H and O–H groups in total. The number of fused-ring (bicyclic) bond motifs is 3. The predicted octanol–water partition coefficient (Wildman–Crippen LogP) is 2.92. The lowest BCUT2D eigenvalue weighted by molar-refractivity contribution is -0.152. The number of hydrogen-bond donors (Lipinski definition) is 2. The fraction of sp³-hybridized carbons (Fsp3) is 0.375. The third kappa shape index (κ3) is 4.84. The summed E-state index contributed by atoms with van der Waals surface area (Å²) in [6, 6.07) is 15.4. The third-order valence-electron chi connectivity index (χ3n) is 6.03. The molecule has 33 heavy (non-hydrogen) atoms. The Kier molecular flexibility index (Phi) is 7.20. The minimum Gasteiger partial charge on any atom is -0.480 e. The maximum Gasteiger partial charge on any atom is 0.407 e. The summed E-state index contributed by atoms with van der Waals surface area (Å²) < 4.78 is 10.8. The highest BCUT2D eigenvalue weighted by molar-refractivity contribution is 7.99. The van der Waals surface area contributed by atoms with Crippen LogP contribution in [0.3, 0.4) is 0 Å². The summed E-state index contributed by atoms with van der Waals surface area (Å²) in [5, 5.41) is 12.0. The molecular formula is C24H26N2O6S. The number of rotatable bonds is 8. The Balaban J connectivity index is 1.29. The molecule has 8 nitrogen and oxygen atoms in total. The molecule has 174 valence electrons. The lowest BCUT2D eigenvalue weighted by Gasteiger charge is -2.25. The number of thioether (sulfide) groups is 1. The number of carboxylic acids is 1. The molecule has 9 heteroatoms. The zero-order valence-corrected chi connectivity index (χ0v) is 19.0. The molecule has 2 aromatic carbocycles. The number of hydrogen-bond acceptors (Lipinski definition) is 6. The second-order valence-corrected chi connectivity index (χ2v) is 8.93. The predicted molar refractivity (Wildman–Crippen MR) is 124 cm³/mol. The molecule has 0 bridgehead atoms. The lowest BCUT2D eigenvalue weighted by Crippen LogP contribution is -2.47. The maximum absolute atomic E-state index is 12.7. The summed E-state index contributed by atoms with van der Waals surface area (Å²) >= 11 is 1.39. The van der Waals surface area contributed by atoms with Crippen LogP contribution >= 0.6 is 11.8 Å². The first-order valence-corrected chi connectivity index (χ1v) is 11.9. The van der Waals surface area contributed by atoms with Gasteiger partial charge in [0.1, 0.15) is 18.8 Å². The number of ether oxygens (including phenoxy) is 2. The van der Waals surface area contributed by atoms with Gasteiger partial charge in [-0.25, -0.2) is 9.59 Å². The highest BCUT2D eigenvalue weighted by atomic mass is 32.2. The van der Waals surface area contributed by atoms with E-state index < -0.39 is 24.2 Å². The van der Waals surface area contributed by atoms with Crippen molar-refractivity contribution in [1.29, 1.82) is 0 Å². The van der Waals surface area contributed by atoms with Gasteiger partial charge < -0.3 is 24.8 Å². The molecule has 1 aliphatic carbocycles. The van der Waals surface area contributed by atoms with E-state index in [0.717, 1.165) is 22.3 Å². The van der Waals surface area contributed by atoms with E-state index in [4.69, 9.17) is 9.47 Å². The summed E-state index contributed by atoms with van der Waals surface area (Å²) in [7, 11) is 1.40. The number of carboxylic acid groups (broad SMARTS) is 1. The van der Waals surface area contributed by atoms with Gasteiger partial charge in [-0.05, 0) is 22.3 Å². The highest BCUT2D eigenvalue weighted by Crippen LogP contribution is 2.44. The highest BCUT2D eigenvalue weighted by Gasteiger charge is 2.37. The summed E-state index contributed by atoms with van der Waals surface area (Å²) in [5.41, 5.74) is 4.58. The molecule has 0 radical (unpaired) electrons. The van der Waals surface area contributed by atoms with Crippen LogP contribution < -0.4 is 5.32 Å². The van der Waals surface area contributed by atoms with Gasteiger partial charge in [-0.15, -0.1) is 11.8 Å². The number of carbonyl (C=O) groups excluding carboxylic acids is 2. The second kappa shape index (κ2) is 10.3. The molecule has 0 aromatic heterocycles. The van der Waals surface area contributed by atoms with Crippen molar-refractivity contribution in [2.45, 2.75) is 24.5 Å². The monoisotopic (exact) mass is 470 g/mol. The SMILES string of the molecule is COC(CCNC(=O)OCC1c2ccccc2-c2ccccc21)C(=O)N1CSCC1C(=O)O. The topological polar surface area (TPSA) is 105 Å². The number of carbonyl (C=O) groups is 3. The number of nitrogens with one attached hydrogen (secondary N) is 1. The molecule has 2 aromatic rings. The smallest absolute Gasteiger partial charge is 0.407 e. The molecule has 0 saturated carbocycles. The van der Waals surface area contributed by atoms with Crippen molar-refractivity contribution in [3.8, 4) is 11.1 Å². The van der Waals surface area contributed by atoms with E-state index in [1.54, 1.807) is 0 Å². The number of methoxy groups -OCH3 is 1. The largest absolute Gasteiger partial charge is 0.480 e. The van der Waals surface area contributed by atoms with E-state index in [9.17, 15) is 19.5 Å². The Bertz CT molecular complexity index is 1000. The quantitative estimate of drug-likeness (QED) is 0.611. The van der Waals surface area contributed by atoms with Crippen LogP contribution in [0.4, 0.5) is 4.79 Å². The molecule has 4 rings (SSSR count). The van der Waals surface area contributed by atoms with Crippen LogP contribution in [0.1, 0.15) is 23.5 Å². The second-order valence-electron chi connectivity index (χ2n) is 7.93. The van der Waals surface area contributed by atoms with Crippen molar-refractivity contribution in [2.75, 3.05) is 31.9 Å². The first kappa shape index (κ1) is 23.1. The number of benzene rings is 2. The van der Waals surface area contributed by atoms with Gasteiger partial charge in [0, 0.05) is 31.7 Å². The molecule has 1 saturated heterocycles. The van der Waals surface area contributed by atoms with Crippen molar-refractivity contribution < 1.29 is 29.0 Å². The zero-order chi connectivity index (χ0) is 23.4. The third-order valence-corrected chi connectivity index (χ3v) is 7.04. The lowest BCUT2D eigenvalue weighted by atomic mass is 9.98. The van der Waals surface area contributed by atoms with Gasteiger partial charge in [0.15, 0.2) is 0 Å². The van der Waals surface area contributed by atoms with Crippen LogP contribution in [-0.4, -0.2) is 72.0 Å². The average Bonchev–Trinajstić information content (AvgIpc) is 3.44. The summed E-state index contributed by atoms with van der Waals surface area (Å²) in [6.07, 6.45) is -1.19. The average molecular weight is 471 g/mol. The van der Waals surface area contributed by atoms with E-state index in [1.165, 1.54) is 23.8 Å². The summed E-state index contributed by atoms with van der Waals surface area (Å²) in [4.78, 5) is 37.6. The van der Waals surface area contributed by atoms with Crippen molar-refractivity contribution in [3.63, 3.8) is 0 Å². The molecule has 2 unspecified atom stereocenters. The minimum atomic E-state index is -1.03. The zero-order valence-electron chi connectivity index (χ0n) is 18.2. The first-order valence-electron chi connectivity index (χ1n) is 10.7. The van der Waals surface area contributed by atoms with E-state index in [1.807, 2.05) is 24.3 Å². The molecular weight excluding hydrogens is 444 g/mol. The van der Waals surface area contributed by atoms with Crippen LogP contribution in [0.15, 0.2) is 48.5 Å². The van der Waals surface area contributed by atoms with Gasteiger partial charge in [0.2, 0.25) is 0 Å². The Morgan fingerprint density at radius 1 is 1.12 bits per heavy atom. The first-order chi connectivity index (χ1) is 16.0. The minimum absolute atomic E-state index is 0.0305. The van der Waals surface area contributed by atoms with Crippen molar-refractivity contribution in [1.82, 2.24) is 10.2 Å². The van der Waals surface area contributed by atoms with Crippen LogP contribution in [0.5, 0.6) is 0 Å². The fourth-order valence-corrected chi connectivity index (χ4v) is 5.50. The van der Waals surface area contributed by atoms with Crippen molar-refractivity contribution >= 4 is 29.7 Å². The Labute approximate surface area is 196 Å². The number of nitrogens with zero attached hydrogens (tertiary/aromatic N) is 1. The van der Waals surface area contributed by atoms with Crippen molar-refractivity contribution in [2.24, 2.45) is 0 Å². The fourth-order valence-electron chi connectivity index (χ4n) is 4.35. The molecule has 0 spiro atoms.